The lowest BCUT2D eigenvalue weighted by molar-refractivity contribution is -0.138. The summed E-state index contributed by atoms with van der Waals surface area (Å²) in [4.78, 5) is 35.3. The molecule has 0 aliphatic carbocycles. The van der Waals surface area contributed by atoms with E-state index in [4.69, 9.17) is 4.74 Å². The van der Waals surface area contributed by atoms with E-state index in [-0.39, 0.29) is 24.8 Å². The van der Waals surface area contributed by atoms with E-state index in [0.717, 1.165) is 12.3 Å². The molecule has 8 nitrogen and oxygen atoms in total. The summed E-state index contributed by atoms with van der Waals surface area (Å²) in [5, 5.41) is 2.97. The number of carbonyl (C=O) groups excluding carboxylic acids is 2. The maximum atomic E-state index is 12.6. The topological polar surface area (TPSA) is 87.7 Å². The van der Waals surface area contributed by atoms with Crippen LogP contribution < -0.4 is 15.0 Å². The third-order valence-electron chi connectivity index (χ3n) is 4.94. The monoisotopic (exact) mass is 421 g/mol. The number of nitrogens with one attached hydrogen (secondary N) is 1. The maximum absolute atomic E-state index is 12.6. The molecule has 2 aromatic heterocycles. The molecule has 4 rings (SSSR count). The molecular weight excluding hydrogens is 403 g/mol. The van der Waals surface area contributed by atoms with Crippen molar-refractivity contribution in [1.29, 1.82) is 0 Å². The highest BCUT2D eigenvalue weighted by Crippen LogP contribution is 2.29. The summed E-state index contributed by atoms with van der Waals surface area (Å²) in [7, 11) is 0. The van der Waals surface area contributed by atoms with Gasteiger partial charge < -0.3 is 19.9 Å². The SMILES string of the molecule is O=C1Cc2ncc(NCC(=O)N3CCN(c4ccc(C(F)(F)F)cn4)CC3)cc2O1. The Morgan fingerprint density at radius 1 is 1.13 bits per heavy atom. The lowest BCUT2D eigenvalue weighted by Gasteiger charge is -2.35. The molecule has 158 valence electrons. The molecule has 1 N–H and O–H groups in total. The second-order valence-electron chi connectivity index (χ2n) is 6.94. The molecule has 2 aromatic rings. The molecule has 11 heteroatoms. The molecule has 2 aliphatic rings. The van der Waals surface area contributed by atoms with Gasteiger partial charge in [-0.3, -0.25) is 14.6 Å². The Kier molecular flexibility index (Phi) is 5.18. The first-order valence-corrected chi connectivity index (χ1v) is 9.29. The second kappa shape index (κ2) is 7.81. The molecule has 0 radical (unpaired) electrons. The van der Waals surface area contributed by atoms with Crippen molar-refractivity contribution in [2.24, 2.45) is 0 Å². The van der Waals surface area contributed by atoms with Crippen molar-refractivity contribution in [3.05, 3.63) is 41.9 Å². The molecule has 0 bridgehead atoms. The van der Waals surface area contributed by atoms with Gasteiger partial charge in [0.15, 0.2) is 5.75 Å². The molecule has 2 aliphatic heterocycles. The third kappa shape index (κ3) is 4.29. The average molecular weight is 421 g/mol. The quantitative estimate of drug-likeness (QED) is 0.752. The molecule has 0 unspecified atom stereocenters. The van der Waals surface area contributed by atoms with Gasteiger partial charge in [-0.15, -0.1) is 0 Å². The summed E-state index contributed by atoms with van der Waals surface area (Å²) in [6, 6.07) is 3.98. The van der Waals surface area contributed by atoms with Gasteiger partial charge in [-0.25, -0.2) is 4.98 Å². The van der Waals surface area contributed by atoms with E-state index in [1.165, 1.54) is 6.07 Å². The first-order chi connectivity index (χ1) is 14.3. The molecule has 0 aromatic carbocycles. The number of alkyl halides is 3. The number of piperazine rings is 1. The van der Waals surface area contributed by atoms with Crippen molar-refractivity contribution in [1.82, 2.24) is 14.9 Å². The smallest absolute Gasteiger partial charge is 0.417 e. The highest BCUT2D eigenvalue weighted by molar-refractivity contribution is 5.82. The summed E-state index contributed by atoms with van der Waals surface area (Å²) in [5.41, 5.74) is 0.358. The van der Waals surface area contributed by atoms with Crippen molar-refractivity contribution in [3.8, 4) is 5.75 Å². The van der Waals surface area contributed by atoms with Gasteiger partial charge in [0.05, 0.1) is 36.1 Å². The summed E-state index contributed by atoms with van der Waals surface area (Å²) < 4.78 is 43.0. The lowest BCUT2D eigenvalue weighted by Crippen LogP contribution is -2.50. The van der Waals surface area contributed by atoms with Crippen LogP contribution in [0.4, 0.5) is 24.7 Å². The number of fused-ring (bicyclic) bond motifs is 1. The number of rotatable bonds is 4. The third-order valence-corrected chi connectivity index (χ3v) is 4.94. The number of halogens is 3. The van der Waals surface area contributed by atoms with Crippen molar-refractivity contribution >= 4 is 23.4 Å². The highest BCUT2D eigenvalue weighted by atomic mass is 19.4. The van der Waals surface area contributed by atoms with Crippen molar-refractivity contribution in [2.75, 3.05) is 42.9 Å². The molecule has 1 fully saturated rings. The Hall–Kier alpha value is -3.37. The molecule has 1 amide bonds. The Labute approximate surface area is 169 Å². The second-order valence-corrected chi connectivity index (χ2v) is 6.94. The highest BCUT2D eigenvalue weighted by Gasteiger charge is 2.31. The first kappa shape index (κ1) is 19.9. The number of pyridine rings is 2. The van der Waals surface area contributed by atoms with Gasteiger partial charge >= 0.3 is 12.1 Å². The molecule has 0 saturated carbocycles. The molecule has 0 spiro atoms. The van der Waals surface area contributed by atoms with Crippen LogP contribution in [0, 0.1) is 0 Å². The van der Waals surface area contributed by atoms with E-state index in [2.05, 4.69) is 15.3 Å². The van der Waals surface area contributed by atoms with Crippen LogP contribution in [0.2, 0.25) is 0 Å². The number of amides is 1. The number of carbonyl (C=O) groups is 2. The van der Waals surface area contributed by atoms with Gasteiger partial charge in [0.25, 0.3) is 0 Å². The number of hydrogen-bond acceptors (Lipinski definition) is 7. The number of aromatic nitrogens is 2. The minimum absolute atomic E-state index is 0.0486. The lowest BCUT2D eigenvalue weighted by atomic mass is 10.2. The van der Waals surface area contributed by atoms with E-state index in [1.54, 1.807) is 17.2 Å². The minimum Gasteiger partial charge on any atom is -0.424 e. The Morgan fingerprint density at radius 2 is 1.90 bits per heavy atom. The Bertz CT molecular complexity index is 957. The Balaban J connectivity index is 1.27. The zero-order valence-corrected chi connectivity index (χ0v) is 15.8. The van der Waals surface area contributed by atoms with Crippen LogP contribution in [0.3, 0.4) is 0 Å². The molecule has 4 heterocycles. The van der Waals surface area contributed by atoms with Crippen LogP contribution >= 0.6 is 0 Å². The number of nitrogens with zero attached hydrogens (tertiary/aromatic N) is 4. The van der Waals surface area contributed by atoms with Crippen molar-refractivity contribution < 1.29 is 27.5 Å². The zero-order chi connectivity index (χ0) is 21.3. The summed E-state index contributed by atoms with van der Waals surface area (Å²) in [5.74, 6) is 0.376. The van der Waals surface area contributed by atoms with E-state index in [1.807, 2.05) is 4.90 Å². The summed E-state index contributed by atoms with van der Waals surface area (Å²) >= 11 is 0. The van der Waals surface area contributed by atoms with Crippen LogP contribution in [0.1, 0.15) is 11.3 Å². The number of hydrogen-bond donors (Lipinski definition) is 1. The zero-order valence-electron chi connectivity index (χ0n) is 15.8. The van der Waals surface area contributed by atoms with Gasteiger partial charge in [-0.2, -0.15) is 13.2 Å². The molecule has 1 saturated heterocycles. The summed E-state index contributed by atoms with van der Waals surface area (Å²) in [6.07, 6.45) is -1.91. The van der Waals surface area contributed by atoms with Crippen molar-refractivity contribution in [3.63, 3.8) is 0 Å². The molecular formula is C19H18F3N5O3. The van der Waals surface area contributed by atoms with Gasteiger partial charge in [-0.1, -0.05) is 0 Å². The van der Waals surface area contributed by atoms with Crippen LogP contribution in [-0.2, 0) is 22.2 Å². The number of anilines is 2. The fourth-order valence-electron chi connectivity index (χ4n) is 3.30. The van der Waals surface area contributed by atoms with Gasteiger partial charge in [0.2, 0.25) is 5.91 Å². The van der Waals surface area contributed by atoms with Gasteiger partial charge in [0.1, 0.15) is 5.82 Å². The predicted octanol–water partition coefficient (Wildman–Crippen LogP) is 1.72. The van der Waals surface area contributed by atoms with Crippen LogP contribution in [0.5, 0.6) is 5.75 Å². The van der Waals surface area contributed by atoms with Crippen LogP contribution in [0.25, 0.3) is 0 Å². The molecule has 30 heavy (non-hydrogen) atoms. The average Bonchev–Trinajstić information content (AvgIpc) is 3.11. The largest absolute Gasteiger partial charge is 0.424 e. The Morgan fingerprint density at radius 3 is 2.57 bits per heavy atom. The minimum atomic E-state index is -4.42. The van der Waals surface area contributed by atoms with E-state index in [9.17, 15) is 22.8 Å². The van der Waals surface area contributed by atoms with Crippen molar-refractivity contribution in [2.45, 2.75) is 12.6 Å². The van der Waals surface area contributed by atoms with Crippen LogP contribution in [0.15, 0.2) is 30.6 Å². The number of esters is 1. The van der Waals surface area contributed by atoms with Gasteiger partial charge in [-0.05, 0) is 12.1 Å². The van der Waals surface area contributed by atoms with E-state index in [0.29, 0.717) is 49.1 Å². The first-order valence-electron chi connectivity index (χ1n) is 9.29. The normalized spacial score (nSPS) is 16.3. The van der Waals surface area contributed by atoms with Crippen LogP contribution in [-0.4, -0.2) is 59.5 Å². The maximum Gasteiger partial charge on any atom is 0.417 e. The number of ether oxygens (including phenoxy) is 1. The van der Waals surface area contributed by atoms with Gasteiger partial charge in [0, 0.05) is 38.4 Å². The summed E-state index contributed by atoms with van der Waals surface area (Å²) in [6.45, 7) is 1.86. The predicted molar refractivity (Wildman–Crippen MR) is 100 cm³/mol. The fourth-order valence-corrected chi connectivity index (χ4v) is 3.30. The van der Waals surface area contributed by atoms with E-state index >= 15 is 0 Å². The standard InChI is InChI=1S/C19H18F3N5O3/c20-19(21,22)12-1-2-16(25-9-12)26-3-5-27(6-4-26)17(28)11-23-13-7-15-14(24-10-13)8-18(29)30-15/h1-2,7,9-10,23H,3-6,8,11H2. The molecule has 0 atom stereocenters. The fraction of sp³-hybridized carbons (Fsp3) is 0.368. The van der Waals surface area contributed by atoms with E-state index < -0.39 is 11.7 Å².